The molecule has 0 saturated heterocycles. The Morgan fingerprint density at radius 3 is 2.75 bits per heavy atom. The summed E-state index contributed by atoms with van der Waals surface area (Å²) in [6.45, 7) is 4.30. The minimum Gasteiger partial charge on any atom is -0.316 e. The summed E-state index contributed by atoms with van der Waals surface area (Å²) in [7, 11) is 1.78. The van der Waals surface area contributed by atoms with Crippen LogP contribution < -0.4 is 10.6 Å². The Labute approximate surface area is 100.0 Å². The van der Waals surface area contributed by atoms with Gasteiger partial charge in [-0.05, 0) is 12.1 Å². The Kier molecular flexibility index (Phi) is 2.95. The summed E-state index contributed by atoms with van der Waals surface area (Å²) in [5, 5.41) is 0.536. The van der Waals surface area contributed by atoms with Gasteiger partial charge in [0.15, 0.2) is 0 Å². The molecule has 1 atom stereocenters. The van der Waals surface area contributed by atoms with Crippen molar-refractivity contribution in [2.45, 2.75) is 30.0 Å². The Balaban J connectivity index is 2.37. The summed E-state index contributed by atoms with van der Waals surface area (Å²) < 4.78 is 0. The average molecular weight is 236 g/mol. The molecule has 0 saturated carbocycles. The van der Waals surface area contributed by atoms with Crippen LogP contribution in [-0.4, -0.2) is 18.2 Å². The lowest BCUT2D eigenvalue weighted by atomic mass is 10.1. The minimum absolute atomic E-state index is 0.0262. The van der Waals surface area contributed by atoms with Crippen LogP contribution in [0.3, 0.4) is 0 Å². The van der Waals surface area contributed by atoms with E-state index in [-0.39, 0.29) is 5.91 Å². The van der Waals surface area contributed by atoms with Crippen molar-refractivity contribution >= 4 is 23.4 Å². The molecule has 0 aromatic heterocycles. The van der Waals surface area contributed by atoms with Crippen molar-refractivity contribution < 1.29 is 4.79 Å². The van der Waals surface area contributed by atoms with E-state index in [1.807, 2.05) is 18.2 Å². The predicted molar refractivity (Wildman–Crippen MR) is 67.8 cm³/mol. The molecule has 3 nitrogen and oxygen atoms in total. The SMILES string of the molecule is CC(C)Sc1ccc2c(c1)N(C)C(=O)C2N. The second kappa shape index (κ2) is 4.11. The van der Waals surface area contributed by atoms with Crippen LogP contribution in [0, 0.1) is 0 Å². The van der Waals surface area contributed by atoms with Gasteiger partial charge in [-0.25, -0.2) is 0 Å². The summed E-state index contributed by atoms with van der Waals surface area (Å²) in [6.07, 6.45) is 0. The molecule has 1 amide bonds. The summed E-state index contributed by atoms with van der Waals surface area (Å²) in [6, 6.07) is 5.56. The molecule has 16 heavy (non-hydrogen) atoms. The Hall–Kier alpha value is -1.00. The smallest absolute Gasteiger partial charge is 0.248 e. The molecule has 1 unspecified atom stereocenters. The maximum Gasteiger partial charge on any atom is 0.248 e. The summed E-state index contributed by atoms with van der Waals surface area (Å²) in [5.74, 6) is -0.0262. The third-order valence-corrected chi connectivity index (χ3v) is 3.66. The lowest BCUT2D eigenvalue weighted by molar-refractivity contribution is -0.118. The number of nitrogens with zero attached hydrogens (tertiary/aromatic N) is 1. The number of carbonyl (C=O) groups excluding carboxylic acids is 1. The average Bonchev–Trinajstić information content (AvgIpc) is 2.43. The van der Waals surface area contributed by atoms with E-state index in [1.54, 1.807) is 23.7 Å². The standard InChI is InChI=1S/C12H16N2OS/c1-7(2)16-8-4-5-9-10(6-8)14(3)12(15)11(9)13/h4-7,11H,13H2,1-3H3. The fourth-order valence-electron chi connectivity index (χ4n) is 1.88. The molecule has 0 spiro atoms. The Bertz CT molecular complexity index is 431. The second-order valence-electron chi connectivity index (χ2n) is 4.26. The maximum atomic E-state index is 11.7. The van der Waals surface area contributed by atoms with Crippen molar-refractivity contribution in [3.63, 3.8) is 0 Å². The lowest BCUT2D eigenvalue weighted by Gasteiger charge is -2.11. The molecule has 1 aliphatic rings. The third-order valence-electron chi connectivity index (χ3n) is 2.67. The van der Waals surface area contributed by atoms with Gasteiger partial charge in [-0.2, -0.15) is 0 Å². The predicted octanol–water partition coefficient (Wildman–Crippen LogP) is 2.16. The molecular formula is C12H16N2OS. The number of hydrogen-bond acceptors (Lipinski definition) is 3. The van der Waals surface area contributed by atoms with Gasteiger partial charge in [-0.1, -0.05) is 19.9 Å². The van der Waals surface area contributed by atoms with Crippen LogP contribution in [0.4, 0.5) is 5.69 Å². The van der Waals surface area contributed by atoms with Gasteiger partial charge in [0, 0.05) is 28.4 Å². The number of rotatable bonds is 2. The highest BCUT2D eigenvalue weighted by atomic mass is 32.2. The first-order valence-corrected chi connectivity index (χ1v) is 6.22. The van der Waals surface area contributed by atoms with Gasteiger partial charge in [-0.3, -0.25) is 4.79 Å². The van der Waals surface area contributed by atoms with Gasteiger partial charge in [0.25, 0.3) is 0 Å². The molecule has 0 fully saturated rings. The highest BCUT2D eigenvalue weighted by Gasteiger charge is 2.32. The van der Waals surface area contributed by atoms with E-state index in [2.05, 4.69) is 13.8 Å². The molecular weight excluding hydrogens is 220 g/mol. The molecule has 0 aliphatic carbocycles. The van der Waals surface area contributed by atoms with Crippen LogP contribution in [-0.2, 0) is 4.79 Å². The molecule has 1 heterocycles. The van der Waals surface area contributed by atoms with Gasteiger partial charge >= 0.3 is 0 Å². The summed E-state index contributed by atoms with van der Waals surface area (Å²) >= 11 is 1.79. The van der Waals surface area contributed by atoms with Crippen LogP contribution in [0.5, 0.6) is 0 Å². The van der Waals surface area contributed by atoms with E-state index in [4.69, 9.17) is 5.73 Å². The van der Waals surface area contributed by atoms with E-state index in [0.717, 1.165) is 11.3 Å². The zero-order valence-electron chi connectivity index (χ0n) is 9.73. The number of amides is 1. The molecule has 2 N–H and O–H groups in total. The van der Waals surface area contributed by atoms with Crippen LogP contribution in [0.25, 0.3) is 0 Å². The Morgan fingerprint density at radius 2 is 2.12 bits per heavy atom. The van der Waals surface area contributed by atoms with Crippen LogP contribution in [0.15, 0.2) is 23.1 Å². The number of likely N-dealkylation sites (N-methyl/N-ethyl adjacent to an activating group) is 1. The molecule has 4 heteroatoms. The number of hydrogen-bond donors (Lipinski definition) is 1. The first-order chi connectivity index (χ1) is 7.50. The molecule has 86 valence electrons. The van der Waals surface area contributed by atoms with E-state index in [9.17, 15) is 4.79 Å². The summed E-state index contributed by atoms with van der Waals surface area (Å²) in [4.78, 5) is 14.5. The van der Waals surface area contributed by atoms with Gasteiger partial charge in [0.2, 0.25) is 5.91 Å². The normalized spacial score (nSPS) is 19.4. The maximum absolute atomic E-state index is 11.7. The zero-order valence-corrected chi connectivity index (χ0v) is 10.5. The molecule has 0 radical (unpaired) electrons. The highest BCUT2D eigenvalue weighted by Crippen LogP contribution is 2.37. The fourth-order valence-corrected chi connectivity index (χ4v) is 2.75. The monoisotopic (exact) mass is 236 g/mol. The van der Waals surface area contributed by atoms with Gasteiger partial charge in [-0.15, -0.1) is 11.8 Å². The first kappa shape index (κ1) is 11.5. The van der Waals surface area contributed by atoms with Crippen LogP contribution in [0.2, 0.25) is 0 Å². The van der Waals surface area contributed by atoms with Crippen molar-refractivity contribution in [3.05, 3.63) is 23.8 Å². The molecule has 0 bridgehead atoms. The quantitative estimate of drug-likeness (QED) is 0.800. The van der Waals surface area contributed by atoms with Gasteiger partial charge < -0.3 is 10.6 Å². The number of carbonyl (C=O) groups is 1. The zero-order chi connectivity index (χ0) is 11.9. The van der Waals surface area contributed by atoms with Crippen molar-refractivity contribution in [2.75, 3.05) is 11.9 Å². The third kappa shape index (κ3) is 1.83. The van der Waals surface area contributed by atoms with Crippen LogP contribution >= 0.6 is 11.8 Å². The van der Waals surface area contributed by atoms with Gasteiger partial charge in [0.1, 0.15) is 6.04 Å². The topological polar surface area (TPSA) is 46.3 Å². The van der Waals surface area contributed by atoms with Crippen molar-refractivity contribution in [1.29, 1.82) is 0 Å². The number of nitrogens with two attached hydrogens (primary N) is 1. The van der Waals surface area contributed by atoms with Gasteiger partial charge in [0.05, 0.1) is 0 Å². The van der Waals surface area contributed by atoms with E-state index in [0.29, 0.717) is 5.25 Å². The Morgan fingerprint density at radius 1 is 1.44 bits per heavy atom. The summed E-state index contributed by atoms with van der Waals surface area (Å²) in [5.41, 5.74) is 7.71. The van der Waals surface area contributed by atoms with Crippen molar-refractivity contribution in [1.82, 2.24) is 0 Å². The number of anilines is 1. The number of thioether (sulfide) groups is 1. The lowest BCUT2D eigenvalue weighted by Crippen LogP contribution is -2.27. The van der Waals surface area contributed by atoms with Crippen LogP contribution in [0.1, 0.15) is 25.5 Å². The number of fused-ring (bicyclic) bond motifs is 1. The largest absolute Gasteiger partial charge is 0.316 e. The molecule has 1 aliphatic heterocycles. The molecule has 1 aromatic carbocycles. The first-order valence-electron chi connectivity index (χ1n) is 5.34. The van der Waals surface area contributed by atoms with Crippen molar-refractivity contribution in [2.24, 2.45) is 5.73 Å². The van der Waals surface area contributed by atoms with E-state index < -0.39 is 6.04 Å². The molecule has 2 rings (SSSR count). The fraction of sp³-hybridized carbons (Fsp3) is 0.417. The molecule has 1 aromatic rings. The highest BCUT2D eigenvalue weighted by molar-refractivity contribution is 7.99. The van der Waals surface area contributed by atoms with E-state index in [1.165, 1.54) is 4.90 Å². The number of benzene rings is 1. The second-order valence-corrected chi connectivity index (χ2v) is 5.91. The van der Waals surface area contributed by atoms with Crippen molar-refractivity contribution in [3.8, 4) is 0 Å². The minimum atomic E-state index is -0.488. The van der Waals surface area contributed by atoms with E-state index >= 15 is 0 Å².